The van der Waals surface area contributed by atoms with Gasteiger partial charge in [0.2, 0.25) is 15.9 Å². The van der Waals surface area contributed by atoms with Crippen LogP contribution in [0.2, 0.25) is 5.02 Å². The van der Waals surface area contributed by atoms with Gasteiger partial charge in [0.15, 0.2) is 0 Å². The number of anilines is 1. The fourth-order valence-electron chi connectivity index (χ4n) is 3.40. The number of hydrogen-bond donors (Lipinski definition) is 1. The summed E-state index contributed by atoms with van der Waals surface area (Å²) >= 11 is 5.84. The third-order valence-electron chi connectivity index (χ3n) is 5.09. The molecule has 10 heteroatoms. The Labute approximate surface area is 179 Å². The molecule has 3 aromatic rings. The van der Waals surface area contributed by atoms with Crippen LogP contribution < -0.4 is 5.32 Å². The highest BCUT2D eigenvalue weighted by atomic mass is 35.5. The minimum atomic E-state index is -3.58. The first-order chi connectivity index (χ1) is 14.4. The zero-order valence-corrected chi connectivity index (χ0v) is 17.6. The Kier molecular flexibility index (Phi) is 5.85. The SMILES string of the molecule is O=C(Nc1ccc(-n2cncn2)cc1)C1CCN(S(=O)(=O)c2ccc(Cl)cc2)CC1. The third-order valence-corrected chi connectivity index (χ3v) is 7.26. The molecule has 0 bridgehead atoms. The molecule has 156 valence electrons. The summed E-state index contributed by atoms with van der Waals surface area (Å²) < 4.78 is 28.6. The predicted molar refractivity (Wildman–Crippen MR) is 113 cm³/mol. The summed E-state index contributed by atoms with van der Waals surface area (Å²) in [4.78, 5) is 16.7. The van der Waals surface area contributed by atoms with E-state index in [0.29, 0.717) is 36.6 Å². The highest BCUT2D eigenvalue weighted by Crippen LogP contribution is 2.26. The summed E-state index contributed by atoms with van der Waals surface area (Å²) in [7, 11) is -3.58. The number of carbonyl (C=O) groups excluding carboxylic acids is 1. The lowest BCUT2D eigenvalue weighted by Crippen LogP contribution is -2.41. The van der Waals surface area contributed by atoms with Crippen molar-refractivity contribution in [2.75, 3.05) is 18.4 Å². The highest BCUT2D eigenvalue weighted by Gasteiger charge is 2.32. The van der Waals surface area contributed by atoms with Gasteiger partial charge in [0.25, 0.3) is 0 Å². The van der Waals surface area contributed by atoms with Gasteiger partial charge >= 0.3 is 0 Å². The molecule has 0 saturated carbocycles. The van der Waals surface area contributed by atoms with E-state index in [9.17, 15) is 13.2 Å². The molecule has 1 aromatic heterocycles. The summed E-state index contributed by atoms with van der Waals surface area (Å²) in [6, 6.07) is 13.4. The van der Waals surface area contributed by atoms with Gasteiger partial charge in [0.05, 0.1) is 10.6 Å². The van der Waals surface area contributed by atoms with Crippen LogP contribution in [0.3, 0.4) is 0 Å². The lowest BCUT2D eigenvalue weighted by atomic mass is 9.97. The van der Waals surface area contributed by atoms with Crippen LogP contribution in [-0.4, -0.2) is 46.5 Å². The smallest absolute Gasteiger partial charge is 0.243 e. The van der Waals surface area contributed by atoms with Crippen molar-refractivity contribution < 1.29 is 13.2 Å². The van der Waals surface area contributed by atoms with Gasteiger partial charge in [-0.25, -0.2) is 18.1 Å². The van der Waals surface area contributed by atoms with Crippen LogP contribution in [0.5, 0.6) is 0 Å². The average molecular weight is 446 g/mol. The van der Waals surface area contributed by atoms with E-state index in [0.717, 1.165) is 5.69 Å². The summed E-state index contributed by atoms with van der Waals surface area (Å²) in [5.41, 5.74) is 1.52. The Hall–Kier alpha value is -2.75. The van der Waals surface area contributed by atoms with Gasteiger partial charge in [-0.15, -0.1) is 0 Å². The average Bonchev–Trinajstić information content (AvgIpc) is 3.30. The van der Waals surface area contributed by atoms with E-state index in [1.165, 1.54) is 22.8 Å². The lowest BCUT2D eigenvalue weighted by Gasteiger charge is -2.30. The van der Waals surface area contributed by atoms with Crippen molar-refractivity contribution in [3.63, 3.8) is 0 Å². The molecule has 8 nitrogen and oxygen atoms in total. The second kappa shape index (κ2) is 8.55. The molecule has 1 aliphatic rings. The molecular weight excluding hydrogens is 426 g/mol. The predicted octanol–water partition coefficient (Wildman–Crippen LogP) is 2.96. The number of rotatable bonds is 5. The monoisotopic (exact) mass is 445 g/mol. The Balaban J connectivity index is 1.34. The fraction of sp³-hybridized carbons (Fsp3) is 0.250. The molecule has 0 aliphatic carbocycles. The standard InChI is InChI=1S/C20H20ClN5O3S/c21-16-1-7-19(8-2-16)30(28,29)25-11-9-15(10-12-25)20(27)24-17-3-5-18(6-4-17)26-14-22-13-23-26/h1-8,13-15H,9-12H2,(H,24,27). The first kappa shape index (κ1) is 20.5. The minimum Gasteiger partial charge on any atom is -0.326 e. The van der Waals surface area contributed by atoms with Crippen molar-refractivity contribution in [3.8, 4) is 5.69 Å². The van der Waals surface area contributed by atoms with Crippen LogP contribution in [0.15, 0.2) is 66.1 Å². The second-order valence-corrected chi connectivity index (χ2v) is 9.38. The summed E-state index contributed by atoms with van der Waals surface area (Å²) in [6.45, 7) is 0.600. The van der Waals surface area contributed by atoms with E-state index >= 15 is 0 Å². The van der Waals surface area contributed by atoms with Crippen molar-refractivity contribution in [3.05, 3.63) is 66.2 Å². The molecule has 1 N–H and O–H groups in total. The van der Waals surface area contributed by atoms with Gasteiger partial charge in [0, 0.05) is 29.7 Å². The molecule has 1 saturated heterocycles. The summed E-state index contributed by atoms with van der Waals surface area (Å²) in [6.07, 6.45) is 3.99. The number of aromatic nitrogens is 3. The van der Waals surface area contributed by atoms with Crippen molar-refractivity contribution in [2.45, 2.75) is 17.7 Å². The molecule has 30 heavy (non-hydrogen) atoms. The Morgan fingerprint density at radius 2 is 1.70 bits per heavy atom. The number of halogens is 1. The van der Waals surface area contributed by atoms with E-state index < -0.39 is 10.0 Å². The summed E-state index contributed by atoms with van der Waals surface area (Å²) in [5, 5.41) is 7.46. The number of hydrogen-bond acceptors (Lipinski definition) is 5. The zero-order valence-electron chi connectivity index (χ0n) is 16.0. The number of benzene rings is 2. The number of amides is 1. The second-order valence-electron chi connectivity index (χ2n) is 7.01. The maximum absolute atomic E-state index is 12.8. The molecule has 0 atom stereocenters. The van der Waals surface area contributed by atoms with E-state index in [2.05, 4.69) is 15.4 Å². The third kappa shape index (κ3) is 4.38. The van der Waals surface area contributed by atoms with Gasteiger partial charge in [-0.1, -0.05) is 11.6 Å². The van der Waals surface area contributed by atoms with Crippen LogP contribution in [0.4, 0.5) is 5.69 Å². The molecule has 0 unspecified atom stereocenters. The van der Waals surface area contributed by atoms with E-state index in [-0.39, 0.29) is 16.7 Å². The van der Waals surface area contributed by atoms with Crippen LogP contribution in [-0.2, 0) is 14.8 Å². The molecular formula is C20H20ClN5O3S. The lowest BCUT2D eigenvalue weighted by molar-refractivity contribution is -0.120. The highest BCUT2D eigenvalue weighted by molar-refractivity contribution is 7.89. The topological polar surface area (TPSA) is 97.2 Å². The number of sulfonamides is 1. The van der Waals surface area contributed by atoms with Crippen molar-refractivity contribution >= 4 is 33.2 Å². The molecule has 4 rings (SSSR count). The van der Waals surface area contributed by atoms with Crippen molar-refractivity contribution in [1.29, 1.82) is 0 Å². The maximum atomic E-state index is 12.8. The first-order valence-electron chi connectivity index (χ1n) is 9.45. The number of nitrogens with one attached hydrogen (secondary N) is 1. The van der Waals surface area contributed by atoms with Crippen molar-refractivity contribution in [1.82, 2.24) is 19.1 Å². The summed E-state index contributed by atoms with van der Waals surface area (Å²) in [5.74, 6) is -0.344. The molecule has 1 amide bonds. The van der Waals surface area contributed by atoms with E-state index in [4.69, 9.17) is 11.6 Å². The largest absolute Gasteiger partial charge is 0.326 e. The van der Waals surface area contributed by atoms with Crippen LogP contribution in [0.25, 0.3) is 5.69 Å². The van der Waals surface area contributed by atoms with Crippen LogP contribution in [0.1, 0.15) is 12.8 Å². The molecule has 0 radical (unpaired) electrons. The Morgan fingerprint density at radius 3 is 2.30 bits per heavy atom. The van der Waals surface area contributed by atoms with Gasteiger partial charge in [-0.3, -0.25) is 4.79 Å². The van der Waals surface area contributed by atoms with Gasteiger partial charge < -0.3 is 5.32 Å². The van der Waals surface area contributed by atoms with Gasteiger partial charge in [-0.05, 0) is 61.4 Å². The van der Waals surface area contributed by atoms with Gasteiger partial charge in [-0.2, -0.15) is 9.40 Å². The minimum absolute atomic E-state index is 0.105. The fourth-order valence-corrected chi connectivity index (χ4v) is 4.99. The van der Waals surface area contributed by atoms with E-state index in [1.54, 1.807) is 35.3 Å². The van der Waals surface area contributed by atoms with Crippen molar-refractivity contribution in [2.24, 2.45) is 5.92 Å². The normalized spacial score (nSPS) is 15.8. The molecule has 2 heterocycles. The van der Waals surface area contributed by atoms with E-state index in [1.807, 2.05) is 12.1 Å². The van der Waals surface area contributed by atoms with Gasteiger partial charge in [0.1, 0.15) is 12.7 Å². The molecule has 2 aromatic carbocycles. The quantitative estimate of drug-likeness (QED) is 0.651. The van der Waals surface area contributed by atoms with Crippen LogP contribution >= 0.6 is 11.6 Å². The van der Waals surface area contributed by atoms with Crippen LogP contribution in [0, 0.1) is 5.92 Å². The molecule has 0 spiro atoms. The Bertz CT molecular complexity index is 1110. The number of nitrogens with zero attached hydrogens (tertiary/aromatic N) is 4. The first-order valence-corrected chi connectivity index (χ1v) is 11.3. The maximum Gasteiger partial charge on any atom is 0.243 e. The number of piperidine rings is 1. The number of carbonyl (C=O) groups is 1. The zero-order chi connectivity index (χ0) is 21.1. The Morgan fingerprint density at radius 1 is 1.03 bits per heavy atom. The molecule has 1 aliphatic heterocycles. The molecule has 1 fully saturated rings.